The Hall–Kier alpha value is -4.33. The predicted molar refractivity (Wildman–Crippen MR) is 216 cm³/mol. The monoisotopic (exact) mass is 754 g/mol. The van der Waals surface area contributed by atoms with E-state index in [1.165, 1.54) is 65.6 Å². The van der Waals surface area contributed by atoms with Crippen molar-refractivity contribution in [1.82, 2.24) is 0 Å². The molecule has 0 saturated heterocycles. The van der Waals surface area contributed by atoms with Crippen molar-refractivity contribution in [3.05, 3.63) is 151 Å². The summed E-state index contributed by atoms with van der Waals surface area (Å²) >= 11 is 0. The van der Waals surface area contributed by atoms with Crippen LogP contribution in [0.4, 0.5) is 0 Å². The van der Waals surface area contributed by atoms with Gasteiger partial charge in [0.1, 0.15) is 25.1 Å². The maximum Gasteiger partial charge on any atom is -0.0402 e. The molecule has 0 aliphatic rings. The van der Waals surface area contributed by atoms with Crippen molar-refractivity contribution in [2.24, 2.45) is 0 Å². The standard InChI is InChI=1S/C44H51O7PS/c45-38(35-49-39-21-11-7-12-22-39)36-50-44(46)37-29-31-43(32-30-37)53(47,48)51-33-19-5-3-1-2-4-6-20-34-52(40-23-13-8-14-24-40,41-25-15-9-16-26-41)42-27-17-10-18-28-42/h7-18,21-32,38,45,52H,1-6,19-20,33-36H2. The van der Waals surface area contributed by atoms with Gasteiger partial charge < -0.3 is 14.6 Å². The number of ether oxygens (including phenoxy) is 2. The predicted octanol–water partition coefficient (Wildman–Crippen LogP) is 7.84. The van der Waals surface area contributed by atoms with Gasteiger partial charge in [-0.2, -0.15) is 8.42 Å². The molecule has 0 saturated carbocycles. The number of hydrogen-bond acceptors (Lipinski definition) is 7. The summed E-state index contributed by atoms with van der Waals surface area (Å²) in [5.41, 5.74) is 0.171. The van der Waals surface area contributed by atoms with Crippen molar-refractivity contribution in [2.45, 2.75) is 62.4 Å². The number of rotatable bonds is 22. The van der Waals surface area contributed by atoms with E-state index >= 15 is 0 Å². The van der Waals surface area contributed by atoms with Gasteiger partial charge in [-0.1, -0.05) is 18.2 Å². The van der Waals surface area contributed by atoms with Crippen LogP contribution in [0, 0.1) is 0 Å². The second-order valence-electron chi connectivity index (χ2n) is 13.3. The van der Waals surface area contributed by atoms with Crippen molar-refractivity contribution in [2.75, 3.05) is 26.0 Å². The summed E-state index contributed by atoms with van der Waals surface area (Å²) in [5, 5.41) is 14.4. The molecule has 0 aliphatic carbocycles. The van der Waals surface area contributed by atoms with Gasteiger partial charge in [0.15, 0.2) is 0 Å². The third-order valence-corrected chi connectivity index (χ3v) is 15.8. The Morgan fingerprint density at radius 1 is 0.566 bits per heavy atom. The van der Waals surface area contributed by atoms with Crippen molar-refractivity contribution in [1.29, 1.82) is 0 Å². The molecule has 1 unspecified atom stereocenters. The third kappa shape index (κ3) is 11.8. The second-order valence-corrected chi connectivity index (χ2v) is 18.9. The van der Waals surface area contributed by atoms with Crippen LogP contribution in [0.15, 0.2) is 150 Å². The maximum absolute atomic E-state index is 12.7. The number of aliphatic hydroxyl groups is 1. The molecule has 0 radical (unpaired) electrons. The van der Waals surface area contributed by atoms with Gasteiger partial charge in [0.25, 0.3) is 0 Å². The van der Waals surface area contributed by atoms with E-state index in [9.17, 15) is 18.3 Å². The molecule has 0 heterocycles. The Balaban J connectivity index is 0.978. The second kappa shape index (κ2) is 20.8. The first-order chi connectivity index (χ1) is 25.9. The van der Waals surface area contributed by atoms with E-state index in [-0.39, 0.29) is 30.3 Å². The molecule has 5 aromatic carbocycles. The summed E-state index contributed by atoms with van der Waals surface area (Å²) in [4.78, 5) is 12.4. The fourth-order valence-corrected chi connectivity index (χ4v) is 12.5. The van der Waals surface area contributed by atoms with Gasteiger partial charge in [-0.15, -0.1) is 0 Å². The van der Waals surface area contributed by atoms with Gasteiger partial charge in [0.2, 0.25) is 0 Å². The quantitative estimate of drug-likeness (QED) is 0.0333. The molecule has 0 aromatic heterocycles. The molecule has 53 heavy (non-hydrogen) atoms. The zero-order valence-electron chi connectivity index (χ0n) is 30.2. The minimum atomic E-state index is -3.95. The zero-order valence-corrected chi connectivity index (χ0v) is 32.0. The minimum absolute atomic E-state index is 0.0239. The van der Waals surface area contributed by atoms with Crippen LogP contribution in [0.1, 0.15) is 61.7 Å². The van der Waals surface area contributed by atoms with E-state index in [0.29, 0.717) is 12.2 Å². The number of esters is 1. The minimum Gasteiger partial charge on any atom is -0.0463 e. The van der Waals surface area contributed by atoms with Crippen molar-refractivity contribution >= 4 is 39.3 Å². The van der Waals surface area contributed by atoms with Gasteiger partial charge in [-0.25, -0.2) is 4.79 Å². The molecule has 0 spiro atoms. The molecule has 0 bridgehead atoms. The maximum atomic E-state index is 12.7. The van der Waals surface area contributed by atoms with Crippen molar-refractivity contribution in [3.63, 3.8) is 0 Å². The Bertz CT molecular complexity index is 1790. The Labute approximate surface area is 315 Å². The molecule has 0 amide bonds. The number of carbonyl (C=O) groups is 1. The van der Waals surface area contributed by atoms with Crippen LogP contribution in [0.3, 0.4) is 0 Å². The Morgan fingerprint density at radius 2 is 1.02 bits per heavy atom. The summed E-state index contributed by atoms with van der Waals surface area (Å²) in [6, 6.07) is 47.6. The van der Waals surface area contributed by atoms with Crippen LogP contribution < -0.4 is 20.7 Å². The van der Waals surface area contributed by atoms with Crippen LogP contribution >= 0.6 is 7.26 Å². The number of benzene rings is 5. The smallest absolute Gasteiger partial charge is 0.0402 e. The summed E-state index contributed by atoms with van der Waals surface area (Å²) in [6.45, 7) is -0.177. The summed E-state index contributed by atoms with van der Waals surface area (Å²) in [5.74, 6) is -0.0697. The topological polar surface area (TPSA) is 99.1 Å². The Morgan fingerprint density at radius 3 is 1.53 bits per heavy atom. The van der Waals surface area contributed by atoms with Gasteiger partial charge in [0.05, 0.1) is 10.5 Å². The molecule has 1 atom stereocenters. The third-order valence-electron chi connectivity index (χ3n) is 9.46. The first kappa shape index (κ1) is 39.9. The van der Waals surface area contributed by atoms with Gasteiger partial charge in [-0.05, 0) is 36.4 Å². The van der Waals surface area contributed by atoms with E-state index in [2.05, 4.69) is 91.0 Å². The van der Waals surface area contributed by atoms with Gasteiger partial charge in [0, 0.05) is 0 Å². The van der Waals surface area contributed by atoms with Crippen molar-refractivity contribution < 1.29 is 32.0 Å². The van der Waals surface area contributed by atoms with E-state index in [1.54, 1.807) is 12.1 Å². The summed E-state index contributed by atoms with van der Waals surface area (Å²) in [7, 11) is -6.13. The van der Waals surface area contributed by atoms with E-state index in [4.69, 9.17) is 13.7 Å². The number of carbonyl (C=O) groups excluding carboxylic acids is 1. The largest absolute Gasteiger partial charge is 0.0463 e. The molecule has 7 nitrogen and oxygen atoms in total. The average molecular weight is 755 g/mol. The van der Waals surface area contributed by atoms with Gasteiger partial charge >= 0.3 is 199 Å². The number of hydrogen-bond donors (Lipinski definition) is 1. The normalized spacial score (nSPS) is 12.5. The summed E-state index contributed by atoms with van der Waals surface area (Å²) < 4.78 is 41.3. The van der Waals surface area contributed by atoms with Crippen LogP contribution in [0.2, 0.25) is 0 Å². The summed E-state index contributed by atoms with van der Waals surface area (Å²) in [6.07, 6.45) is 8.55. The molecule has 280 valence electrons. The average Bonchev–Trinajstić information content (AvgIpc) is 3.21. The number of unbranched alkanes of at least 4 members (excludes halogenated alkanes) is 7. The van der Waals surface area contributed by atoms with Crippen LogP contribution in [0.5, 0.6) is 5.75 Å². The molecule has 0 fully saturated rings. The molecular formula is C44H51O7PS. The fourth-order valence-electron chi connectivity index (χ4n) is 6.66. The first-order valence-corrected chi connectivity index (χ1v) is 22.2. The molecule has 5 aromatic rings. The molecule has 9 heteroatoms. The van der Waals surface area contributed by atoms with E-state index < -0.39 is 29.5 Å². The zero-order chi connectivity index (χ0) is 37.2. The Kier molecular flexibility index (Phi) is 15.6. The van der Waals surface area contributed by atoms with Crippen LogP contribution in [-0.4, -0.2) is 51.6 Å². The fraction of sp³-hybridized carbons (Fsp3) is 0.295. The van der Waals surface area contributed by atoms with Crippen LogP contribution in [0.25, 0.3) is 0 Å². The number of para-hydroxylation sites is 1. The van der Waals surface area contributed by atoms with E-state index in [1.807, 2.05) is 18.2 Å². The molecular weight excluding hydrogens is 704 g/mol. The van der Waals surface area contributed by atoms with E-state index in [0.717, 1.165) is 25.7 Å². The molecule has 5 rings (SSSR count). The SMILES string of the molecule is O=C(OCC(O)COc1ccccc1)c1ccc(S(=O)(=O)OCCCCCCCCCC[PH](c2ccccc2)(c2ccccc2)c2ccccc2)cc1. The first-order valence-electron chi connectivity index (χ1n) is 18.6. The van der Waals surface area contributed by atoms with Crippen LogP contribution in [-0.2, 0) is 19.0 Å². The number of aliphatic hydroxyl groups excluding tert-OH is 1. The molecule has 0 aliphatic heterocycles. The molecule has 1 N–H and O–H groups in total. The van der Waals surface area contributed by atoms with Crippen molar-refractivity contribution in [3.8, 4) is 5.75 Å². The van der Waals surface area contributed by atoms with Gasteiger partial charge in [-0.3, -0.25) is 0 Å².